The number of aromatic nitrogens is 2. The van der Waals surface area contributed by atoms with Crippen LogP contribution >= 0.6 is 23.2 Å². The molecule has 0 bridgehead atoms. The molecular weight excluding hydrogens is 303 g/mol. The molecule has 0 amide bonds. The van der Waals surface area contributed by atoms with Gasteiger partial charge < -0.3 is 14.4 Å². The lowest BCUT2D eigenvalue weighted by Gasteiger charge is -2.16. The van der Waals surface area contributed by atoms with Crippen molar-refractivity contribution in [2.45, 2.75) is 26.0 Å². The highest BCUT2D eigenvalue weighted by molar-refractivity contribution is 6.42. The van der Waals surface area contributed by atoms with Crippen molar-refractivity contribution in [2.75, 3.05) is 7.11 Å². The Morgan fingerprint density at radius 2 is 2.10 bits per heavy atom. The molecule has 20 heavy (non-hydrogen) atoms. The van der Waals surface area contributed by atoms with Gasteiger partial charge in [-0.3, -0.25) is 0 Å². The SMILES string of the molecule is CCC(C(=O)O)n1c(COC)nc2cc(Cl)c(Cl)cc21. The number of benzene rings is 1. The summed E-state index contributed by atoms with van der Waals surface area (Å²) in [6.07, 6.45) is 0.428. The molecule has 0 radical (unpaired) electrons. The predicted molar refractivity (Wildman–Crippen MR) is 77.4 cm³/mol. The number of rotatable bonds is 5. The van der Waals surface area contributed by atoms with Gasteiger partial charge in [-0.25, -0.2) is 9.78 Å². The Morgan fingerprint density at radius 1 is 1.45 bits per heavy atom. The first-order valence-corrected chi connectivity index (χ1v) is 6.82. The molecule has 0 aliphatic carbocycles. The zero-order chi connectivity index (χ0) is 14.9. The van der Waals surface area contributed by atoms with Crippen LogP contribution in [-0.4, -0.2) is 27.7 Å². The number of carboxylic acid groups (broad SMARTS) is 1. The van der Waals surface area contributed by atoms with E-state index in [0.717, 1.165) is 0 Å². The van der Waals surface area contributed by atoms with Crippen LogP contribution in [0.4, 0.5) is 0 Å². The summed E-state index contributed by atoms with van der Waals surface area (Å²) in [5, 5.41) is 10.1. The Hall–Kier alpha value is -1.30. The van der Waals surface area contributed by atoms with Crippen molar-refractivity contribution in [1.29, 1.82) is 0 Å². The number of carbonyl (C=O) groups is 1. The topological polar surface area (TPSA) is 64.3 Å². The summed E-state index contributed by atoms with van der Waals surface area (Å²) in [6.45, 7) is 2.02. The summed E-state index contributed by atoms with van der Waals surface area (Å²) in [5.41, 5.74) is 1.24. The third-order valence-corrected chi connectivity index (χ3v) is 3.78. The molecule has 0 aliphatic rings. The lowest BCUT2D eigenvalue weighted by atomic mass is 10.2. The number of methoxy groups -OCH3 is 1. The molecule has 0 saturated heterocycles. The molecule has 2 rings (SSSR count). The Kier molecular flexibility index (Phi) is 4.52. The first-order valence-electron chi connectivity index (χ1n) is 6.07. The molecule has 1 heterocycles. The van der Waals surface area contributed by atoms with E-state index in [4.69, 9.17) is 27.9 Å². The number of halogens is 2. The molecule has 1 aromatic carbocycles. The van der Waals surface area contributed by atoms with E-state index in [1.807, 2.05) is 0 Å². The number of carboxylic acids is 1. The van der Waals surface area contributed by atoms with E-state index in [9.17, 15) is 9.90 Å². The van der Waals surface area contributed by atoms with Crippen molar-refractivity contribution < 1.29 is 14.6 Å². The number of hydrogen-bond acceptors (Lipinski definition) is 3. The molecule has 5 nitrogen and oxygen atoms in total. The summed E-state index contributed by atoms with van der Waals surface area (Å²) in [4.78, 5) is 15.8. The van der Waals surface area contributed by atoms with Crippen molar-refractivity contribution in [1.82, 2.24) is 9.55 Å². The van der Waals surface area contributed by atoms with Gasteiger partial charge in [0.1, 0.15) is 18.5 Å². The van der Waals surface area contributed by atoms with Crippen LogP contribution in [0.15, 0.2) is 12.1 Å². The van der Waals surface area contributed by atoms with E-state index in [2.05, 4.69) is 4.98 Å². The van der Waals surface area contributed by atoms with Crippen LogP contribution in [0.2, 0.25) is 10.0 Å². The summed E-state index contributed by atoms with van der Waals surface area (Å²) >= 11 is 12.0. The molecule has 1 atom stereocenters. The van der Waals surface area contributed by atoms with Crippen molar-refractivity contribution >= 4 is 40.2 Å². The van der Waals surface area contributed by atoms with Crippen molar-refractivity contribution in [3.8, 4) is 0 Å². The van der Waals surface area contributed by atoms with Crippen molar-refractivity contribution in [3.05, 3.63) is 28.0 Å². The van der Waals surface area contributed by atoms with Gasteiger partial charge in [0.05, 0.1) is 21.1 Å². The lowest BCUT2D eigenvalue weighted by Crippen LogP contribution is -2.20. The van der Waals surface area contributed by atoms with Gasteiger partial charge >= 0.3 is 5.97 Å². The fourth-order valence-electron chi connectivity index (χ4n) is 2.19. The van der Waals surface area contributed by atoms with Gasteiger partial charge in [0.15, 0.2) is 0 Å². The maximum Gasteiger partial charge on any atom is 0.326 e. The average molecular weight is 317 g/mol. The molecule has 0 aliphatic heterocycles. The minimum absolute atomic E-state index is 0.216. The Labute approximate surface area is 126 Å². The third-order valence-electron chi connectivity index (χ3n) is 3.06. The summed E-state index contributed by atoms with van der Waals surface area (Å²) in [7, 11) is 1.53. The van der Waals surface area contributed by atoms with Gasteiger partial charge in [-0.15, -0.1) is 0 Å². The van der Waals surface area contributed by atoms with Crippen LogP contribution in [0.25, 0.3) is 11.0 Å². The first kappa shape index (κ1) is 15.1. The second kappa shape index (κ2) is 5.99. The van der Waals surface area contributed by atoms with Gasteiger partial charge in [0.25, 0.3) is 0 Å². The molecule has 0 spiro atoms. The monoisotopic (exact) mass is 316 g/mol. The fourth-order valence-corrected chi connectivity index (χ4v) is 2.50. The molecule has 7 heteroatoms. The second-order valence-corrected chi connectivity index (χ2v) is 5.16. The van der Waals surface area contributed by atoms with Crippen molar-refractivity contribution in [2.24, 2.45) is 0 Å². The lowest BCUT2D eigenvalue weighted by molar-refractivity contribution is -0.141. The van der Waals surface area contributed by atoms with Gasteiger partial charge in [-0.05, 0) is 18.6 Å². The molecule has 0 saturated carbocycles. The smallest absolute Gasteiger partial charge is 0.326 e. The van der Waals surface area contributed by atoms with Gasteiger partial charge in [0.2, 0.25) is 0 Å². The summed E-state index contributed by atoms with van der Waals surface area (Å²) < 4.78 is 6.73. The highest BCUT2D eigenvalue weighted by Gasteiger charge is 2.24. The Bertz CT molecular complexity index is 655. The third kappa shape index (κ3) is 2.61. The van der Waals surface area contributed by atoms with Crippen LogP contribution in [0.5, 0.6) is 0 Å². The predicted octanol–water partition coefficient (Wildman–Crippen LogP) is 3.53. The number of fused-ring (bicyclic) bond motifs is 1. The van der Waals surface area contributed by atoms with Crippen LogP contribution < -0.4 is 0 Å². The van der Waals surface area contributed by atoms with E-state index < -0.39 is 12.0 Å². The standard InChI is InChI=1S/C13H14Cl2N2O3/c1-3-10(13(18)19)17-11-5-8(15)7(14)4-9(11)16-12(17)6-20-2/h4-5,10H,3,6H2,1-2H3,(H,18,19). The zero-order valence-electron chi connectivity index (χ0n) is 11.1. The Morgan fingerprint density at radius 3 is 2.65 bits per heavy atom. The van der Waals surface area contributed by atoms with Gasteiger partial charge in [-0.2, -0.15) is 0 Å². The minimum Gasteiger partial charge on any atom is -0.480 e. The number of imidazole rings is 1. The molecular formula is C13H14Cl2N2O3. The van der Waals surface area contributed by atoms with E-state index in [0.29, 0.717) is 33.3 Å². The first-order chi connectivity index (χ1) is 9.49. The average Bonchev–Trinajstić information content (AvgIpc) is 2.70. The van der Waals surface area contributed by atoms with Crippen LogP contribution in [0, 0.1) is 0 Å². The van der Waals surface area contributed by atoms with E-state index in [1.165, 1.54) is 7.11 Å². The maximum absolute atomic E-state index is 11.4. The van der Waals surface area contributed by atoms with E-state index in [-0.39, 0.29) is 6.61 Å². The molecule has 1 N–H and O–H groups in total. The Balaban J connectivity index is 2.73. The fraction of sp³-hybridized carbons (Fsp3) is 0.385. The summed E-state index contributed by atoms with van der Waals surface area (Å²) in [5.74, 6) is -0.384. The van der Waals surface area contributed by atoms with Crippen molar-refractivity contribution in [3.63, 3.8) is 0 Å². The van der Waals surface area contributed by atoms with Crippen LogP contribution in [0.1, 0.15) is 25.2 Å². The highest BCUT2D eigenvalue weighted by Crippen LogP contribution is 2.31. The number of aliphatic carboxylic acids is 1. The molecule has 2 aromatic rings. The van der Waals surface area contributed by atoms with Gasteiger partial charge in [0, 0.05) is 7.11 Å². The zero-order valence-corrected chi connectivity index (χ0v) is 12.6. The number of ether oxygens (including phenoxy) is 1. The van der Waals surface area contributed by atoms with Crippen LogP contribution in [-0.2, 0) is 16.1 Å². The minimum atomic E-state index is -0.921. The van der Waals surface area contributed by atoms with E-state index >= 15 is 0 Å². The molecule has 1 unspecified atom stereocenters. The second-order valence-electron chi connectivity index (χ2n) is 4.35. The molecule has 1 aromatic heterocycles. The quantitative estimate of drug-likeness (QED) is 0.916. The molecule has 108 valence electrons. The summed E-state index contributed by atoms with van der Waals surface area (Å²) in [6, 6.07) is 2.54. The molecule has 0 fully saturated rings. The number of hydrogen-bond donors (Lipinski definition) is 1. The highest BCUT2D eigenvalue weighted by atomic mass is 35.5. The number of nitrogens with zero attached hydrogens (tertiary/aromatic N) is 2. The van der Waals surface area contributed by atoms with E-state index in [1.54, 1.807) is 23.6 Å². The maximum atomic E-state index is 11.4. The van der Waals surface area contributed by atoms with Gasteiger partial charge in [-0.1, -0.05) is 30.1 Å². The largest absolute Gasteiger partial charge is 0.480 e. The normalized spacial score (nSPS) is 12.8. The van der Waals surface area contributed by atoms with Crippen LogP contribution in [0.3, 0.4) is 0 Å².